The summed E-state index contributed by atoms with van der Waals surface area (Å²) in [5.41, 5.74) is 0.0765. The van der Waals surface area contributed by atoms with Gasteiger partial charge in [-0.2, -0.15) is 0 Å². The largest absolute Gasteiger partial charge is 0.386 e. The molecule has 18 heavy (non-hydrogen) atoms. The Bertz CT molecular complexity index is 492. The number of imide groups is 1. The first-order valence-electron chi connectivity index (χ1n) is 5.48. The Hall–Kier alpha value is -1.95. The zero-order valence-electron chi connectivity index (χ0n) is 9.84. The average Bonchev–Trinajstić information content (AvgIpc) is 2.56. The van der Waals surface area contributed by atoms with Gasteiger partial charge in [-0.15, -0.1) is 0 Å². The Morgan fingerprint density at radius 2 is 2.06 bits per heavy atom. The summed E-state index contributed by atoms with van der Waals surface area (Å²) in [6.07, 6.45) is -1.22. The number of hydrogen-bond donors (Lipinski definition) is 1. The molecule has 1 aromatic carbocycles. The van der Waals surface area contributed by atoms with Crippen molar-refractivity contribution in [2.45, 2.75) is 6.10 Å². The Morgan fingerprint density at radius 1 is 1.39 bits per heavy atom. The van der Waals surface area contributed by atoms with E-state index in [9.17, 15) is 19.1 Å². The van der Waals surface area contributed by atoms with E-state index in [-0.39, 0.29) is 18.7 Å². The molecular formula is C12H13FN2O3. The van der Waals surface area contributed by atoms with Crippen LogP contribution in [0.25, 0.3) is 0 Å². The third-order valence-corrected chi connectivity index (χ3v) is 2.85. The Morgan fingerprint density at radius 3 is 2.61 bits per heavy atom. The quantitative estimate of drug-likeness (QED) is 0.808. The molecule has 1 atom stereocenters. The van der Waals surface area contributed by atoms with Crippen LogP contribution in [0.2, 0.25) is 0 Å². The number of aliphatic hydroxyl groups excluding tert-OH is 1. The molecule has 1 aliphatic heterocycles. The van der Waals surface area contributed by atoms with E-state index < -0.39 is 23.9 Å². The lowest BCUT2D eigenvalue weighted by molar-refractivity contribution is -0.126. The van der Waals surface area contributed by atoms with Crippen molar-refractivity contribution in [3.63, 3.8) is 0 Å². The van der Waals surface area contributed by atoms with E-state index in [1.807, 2.05) is 0 Å². The molecule has 6 heteroatoms. The van der Waals surface area contributed by atoms with Crippen LogP contribution in [0.15, 0.2) is 24.3 Å². The topological polar surface area (TPSA) is 60.9 Å². The lowest BCUT2D eigenvalue weighted by Crippen LogP contribution is -2.35. The number of urea groups is 1. The second-order valence-electron chi connectivity index (χ2n) is 4.18. The van der Waals surface area contributed by atoms with Crippen LogP contribution in [0, 0.1) is 5.82 Å². The first-order valence-corrected chi connectivity index (χ1v) is 5.48. The molecule has 96 valence electrons. The number of halogens is 1. The van der Waals surface area contributed by atoms with Crippen molar-refractivity contribution in [2.24, 2.45) is 0 Å². The summed E-state index contributed by atoms with van der Waals surface area (Å²) in [5.74, 6) is -0.949. The smallest absolute Gasteiger partial charge is 0.327 e. The fourth-order valence-corrected chi connectivity index (χ4v) is 1.87. The number of rotatable bonds is 3. The monoisotopic (exact) mass is 252 g/mol. The van der Waals surface area contributed by atoms with Crippen LogP contribution in [0.4, 0.5) is 9.18 Å². The molecule has 0 aliphatic carbocycles. The maximum atomic E-state index is 13.4. The first kappa shape index (κ1) is 12.5. The van der Waals surface area contributed by atoms with Gasteiger partial charge in [0.25, 0.3) is 0 Å². The van der Waals surface area contributed by atoms with Gasteiger partial charge in [0.15, 0.2) is 0 Å². The minimum absolute atomic E-state index is 0.0111. The molecular weight excluding hydrogens is 239 g/mol. The molecule has 5 nitrogen and oxygen atoms in total. The predicted molar refractivity (Wildman–Crippen MR) is 61.1 cm³/mol. The van der Waals surface area contributed by atoms with E-state index in [0.717, 1.165) is 4.90 Å². The maximum absolute atomic E-state index is 13.4. The van der Waals surface area contributed by atoms with Gasteiger partial charge in [0.2, 0.25) is 5.91 Å². The Labute approximate surface area is 103 Å². The second kappa shape index (κ2) is 4.73. The maximum Gasteiger partial charge on any atom is 0.327 e. The molecule has 1 N–H and O–H groups in total. The number of carbonyl (C=O) groups is 2. The van der Waals surface area contributed by atoms with Crippen molar-refractivity contribution in [2.75, 3.05) is 20.1 Å². The summed E-state index contributed by atoms with van der Waals surface area (Å²) in [6, 6.07) is 5.26. The zero-order valence-corrected chi connectivity index (χ0v) is 9.84. The molecule has 1 saturated heterocycles. The van der Waals surface area contributed by atoms with Crippen LogP contribution in [-0.4, -0.2) is 47.0 Å². The van der Waals surface area contributed by atoms with Crippen LogP contribution in [-0.2, 0) is 4.79 Å². The molecule has 0 bridgehead atoms. The Balaban J connectivity index is 2.13. The third-order valence-electron chi connectivity index (χ3n) is 2.85. The fraction of sp³-hybridized carbons (Fsp3) is 0.333. The number of benzene rings is 1. The van der Waals surface area contributed by atoms with Gasteiger partial charge in [0.05, 0.1) is 12.6 Å². The van der Waals surface area contributed by atoms with Crippen LogP contribution in [0.1, 0.15) is 11.7 Å². The third kappa shape index (κ3) is 2.19. The van der Waals surface area contributed by atoms with E-state index in [1.54, 1.807) is 6.07 Å². The number of aliphatic hydroxyl groups is 1. The zero-order chi connectivity index (χ0) is 13.3. The van der Waals surface area contributed by atoms with E-state index in [0.29, 0.717) is 0 Å². The van der Waals surface area contributed by atoms with Crippen molar-refractivity contribution >= 4 is 11.9 Å². The van der Waals surface area contributed by atoms with Crippen molar-refractivity contribution < 1.29 is 19.1 Å². The van der Waals surface area contributed by atoms with Gasteiger partial charge in [-0.25, -0.2) is 9.18 Å². The molecule has 0 radical (unpaired) electrons. The molecule has 1 fully saturated rings. The molecule has 2 rings (SSSR count). The van der Waals surface area contributed by atoms with Crippen LogP contribution in [0.5, 0.6) is 0 Å². The van der Waals surface area contributed by atoms with Gasteiger partial charge in [-0.05, 0) is 6.07 Å². The minimum atomic E-state index is -1.22. The molecule has 0 spiro atoms. The SMILES string of the molecule is CN1CC(=O)N(CC(O)c2ccccc2F)C1=O. The summed E-state index contributed by atoms with van der Waals surface area (Å²) in [5, 5.41) is 9.88. The number of amides is 3. The minimum Gasteiger partial charge on any atom is -0.386 e. The number of likely N-dealkylation sites (N-methyl/N-ethyl adjacent to an activating group) is 1. The first-order chi connectivity index (χ1) is 8.50. The highest BCUT2D eigenvalue weighted by Gasteiger charge is 2.35. The highest BCUT2D eigenvalue weighted by Crippen LogP contribution is 2.20. The van der Waals surface area contributed by atoms with Crippen molar-refractivity contribution in [1.29, 1.82) is 0 Å². The van der Waals surface area contributed by atoms with Gasteiger partial charge in [0, 0.05) is 12.6 Å². The normalized spacial score (nSPS) is 17.5. The van der Waals surface area contributed by atoms with Crippen LogP contribution >= 0.6 is 0 Å². The van der Waals surface area contributed by atoms with E-state index in [1.165, 1.54) is 30.1 Å². The summed E-state index contributed by atoms with van der Waals surface area (Å²) >= 11 is 0. The fourth-order valence-electron chi connectivity index (χ4n) is 1.87. The van der Waals surface area contributed by atoms with Crippen molar-refractivity contribution in [3.05, 3.63) is 35.6 Å². The average molecular weight is 252 g/mol. The van der Waals surface area contributed by atoms with Crippen LogP contribution in [0.3, 0.4) is 0 Å². The molecule has 1 aromatic rings. The van der Waals surface area contributed by atoms with Gasteiger partial charge in [0.1, 0.15) is 12.4 Å². The highest BCUT2D eigenvalue weighted by atomic mass is 19.1. The predicted octanol–water partition coefficient (Wildman–Crippen LogP) is 0.753. The van der Waals surface area contributed by atoms with Gasteiger partial charge in [-0.1, -0.05) is 18.2 Å². The van der Waals surface area contributed by atoms with Gasteiger partial charge >= 0.3 is 6.03 Å². The standard InChI is InChI=1S/C12H13FN2O3/c1-14-7-11(17)15(12(14)18)6-10(16)8-4-2-3-5-9(8)13/h2-5,10,16H,6-7H2,1H3. The lowest BCUT2D eigenvalue weighted by atomic mass is 10.1. The molecule has 3 amide bonds. The number of carbonyl (C=O) groups excluding carboxylic acids is 2. The summed E-state index contributed by atoms with van der Waals surface area (Å²) in [4.78, 5) is 25.3. The van der Waals surface area contributed by atoms with Gasteiger partial charge < -0.3 is 10.0 Å². The second-order valence-corrected chi connectivity index (χ2v) is 4.18. The number of β-amino-alcohol motifs (C(OH)–C–C–N with tert-alkyl or cyclic N) is 1. The molecule has 1 aliphatic rings. The van der Waals surface area contributed by atoms with E-state index in [4.69, 9.17) is 0 Å². The van der Waals surface area contributed by atoms with E-state index >= 15 is 0 Å². The van der Waals surface area contributed by atoms with Gasteiger partial charge in [-0.3, -0.25) is 9.69 Å². The molecule has 1 unspecified atom stereocenters. The molecule has 1 heterocycles. The molecule has 0 saturated carbocycles. The number of nitrogens with zero attached hydrogens (tertiary/aromatic N) is 2. The van der Waals surface area contributed by atoms with Crippen LogP contribution < -0.4 is 0 Å². The van der Waals surface area contributed by atoms with Crippen molar-refractivity contribution in [1.82, 2.24) is 9.80 Å². The Kier molecular flexibility index (Phi) is 3.29. The van der Waals surface area contributed by atoms with E-state index in [2.05, 4.69) is 0 Å². The number of hydrogen-bond acceptors (Lipinski definition) is 3. The van der Waals surface area contributed by atoms with Crippen molar-refractivity contribution in [3.8, 4) is 0 Å². The molecule has 0 aromatic heterocycles. The lowest BCUT2D eigenvalue weighted by Gasteiger charge is -2.18. The highest BCUT2D eigenvalue weighted by molar-refractivity contribution is 6.01. The summed E-state index contributed by atoms with van der Waals surface area (Å²) in [7, 11) is 1.50. The summed E-state index contributed by atoms with van der Waals surface area (Å²) in [6.45, 7) is -0.244. The summed E-state index contributed by atoms with van der Waals surface area (Å²) < 4.78 is 13.4.